The summed E-state index contributed by atoms with van der Waals surface area (Å²) in [5.74, 6) is -0.260. The molecule has 0 saturated heterocycles. The van der Waals surface area contributed by atoms with E-state index in [0.717, 1.165) is 47.3 Å². The van der Waals surface area contributed by atoms with Crippen molar-refractivity contribution in [3.8, 4) is 5.69 Å². The third kappa shape index (κ3) is 4.38. The Balaban J connectivity index is 1.37. The van der Waals surface area contributed by atoms with Crippen LogP contribution < -0.4 is 10.6 Å². The molecule has 0 atom stereocenters. The van der Waals surface area contributed by atoms with Gasteiger partial charge in [-0.3, -0.25) is 9.59 Å². The topological polar surface area (TPSA) is 76.0 Å². The van der Waals surface area contributed by atoms with Crippen molar-refractivity contribution in [3.63, 3.8) is 0 Å². The summed E-state index contributed by atoms with van der Waals surface area (Å²) < 4.78 is 15.0. The van der Waals surface area contributed by atoms with Crippen molar-refractivity contribution in [2.45, 2.75) is 39.0 Å². The molecule has 6 nitrogen and oxygen atoms in total. The fraction of sp³-hybridized carbons (Fsp3) is 0.409. The molecule has 3 aromatic rings. The highest BCUT2D eigenvalue weighted by Crippen LogP contribution is 2.30. The molecule has 8 heteroatoms. The van der Waals surface area contributed by atoms with E-state index < -0.39 is 0 Å². The molecule has 1 fully saturated rings. The molecular weight excluding hydrogens is 403 g/mol. The van der Waals surface area contributed by atoms with Crippen LogP contribution in [-0.4, -0.2) is 34.7 Å². The number of halogens is 1. The van der Waals surface area contributed by atoms with E-state index in [1.54, 1.807) is 16.8 Å². The summed E-state index contributed by atoms with van der Waals surface area (Å²) in [6, 6.07) is 7.94. The summed E-state index contributed by atoms with van der Waals surface area (Å²) >= 11 is 1.35. The summed E-state index contributed by atoms with van der Waals surface area (Å²) in [4.78, 5) is 26.2. The first-order valence-corrected chi connectivity index (χ1v) is 11.2. The van der Waals surface area contributed by atoms with Gasteiger partial charge in [-0.15, -0.1) is 11.3 Å². The Kier molecular flexibility index (Phi) is 6.13. The van der Waals surface area contributed by atoms with Gasteiger partial charge in [-0.05, 0) is 50.1 Å². The average molecular weight is 429 g/mol. The number of thiophene rings is 1. The molecule has 2 N–H and O–H groups in total. The molecule has 1 saturated carbocycles. The first kappa shape index (κ1) is 20.5. The zero-order chi connectivity index (χ0) is 21.1. The molecule has 0 radical (unpaired) electrons. The standard InChI is InChI=1S/C22H25FN4O2S/c1-14-18-13-19(30-22(18)27(26-14)17-9-7-16(23)8-10-17)21(29)25-12-11-24-20(28)15-5-3-2-4-6-15/h7-10,13,15H,2-6,11-12H2,1H3,(H,24,28)(H,25,29). The molecule has 0 bridgehead atoms. The lowest BCUT2D eigenvalue weighted by Gasteiger charge is -2.20. The summed E-state index contributed by atoms with van der Waals surface area (Å²) in [6.07, 6.45) is 5.38. The third-order valence-electron chi connectivity index (χ3n) is 5.53. The van der Waals surface area contributed by atoms with Gasteiger partial charge in [-0.1, -0.05) is 19.3 Å². The smallest absolute Gasteiger partial charge is 0.261 e. The minimum atomic E-state index is -0.305. The Bertz CT molecular complexity index is 1050. The largest absolute Gasteiger partial charge is 0.354 e. The highest BCUT2D eigenvalue weighted by Gasteiger charge is 2.21. The van der Waals surface area contributed by atoms with Crippen LogP contribution in [0.4, 0.5) is 4.39 Å². The lowest BCUT2D eigenvalue weighted by molar-refractivity contribution is -0.125. The quantitative estimate of drug-likeness (QED) is 0.584. The second kappa shape index (κ2) is 8.95. The van der Waals surface area contributed by atoms with Crippen molar-refractivity contribution >= 4 is 33.4 Å². The molecule has 30 heavy (non-hydrogen) atoms. The predicted octanol–water partition coefficient (Wildman–Crippen LogP) is 3.96. The van der Waals surface area contributed by atoms with E-state index in [-0.39, 0.29) is 23.5 Å². The lowest BCUT2D eigenvalue weighted by atomic mass is 9.89. The molecule has 2 heterocycles. The first-order chi connectivity index (χ1) is 14.5. The Morgan fingerprint density at radius 1 is 1.13 bits per heavy atom. The average Bonchev–Trinajstić information content (AvgIpc) is 3.33. The van der Waals surface area contributed by atoms with Crippen LogP contribution in [0.15, 0.2) is 30.3 Å². The van der Waals surface area contributed by atoms with Crippen molar-refractivity contribution < 1.29 is 14.0 Å². The summed E-state index contributed by atoms with van der Waals surface area (Å²) in [5.41, 5.74) is 1.55. The molecule has 1 aliphatic carbocycles. The molecular formula is C22H25FN4O2S. The van der Waals surface area contributed by atoms with E-state index >= 15 is 0 Å². The SMILES string of the molecule is Cc1nn(-c2ccc(F)cc2)c2sc(C(=O)NCCNC(=O)C3CCCCC3)cc12. The second-order valence-electron chi connectivity index (χ2n) is 7.68. The van der Waals surface area contributed by atoms with Gasteiger partial charge in [-0.25, -0.2) is 9.07 Å². The number of benzene rings is 1. The fourth-order valence-corrected chi connectivity index (χ4v) is 4.97. The zero-order valence-electron chi connectivity index (χ0n) is 16.9. The van der Waals surface area contributed by atoms with Crippen molar-refractivity contribution in [1.82, 2.24) is 20.4 Å². The minimum Gasteiger partial charge on any atom is -0.354 e. The molecule has 2 amide bonds. The van der Waals surface area contributed by atoms with Gasteiger partial charge in [-0.2, -0.15) is 5.10 Å². The molecule has 1 aliphatic rings. The monoisotopic (exact) mass is 428 g/mol. The maximum Gasteiger partial charge on any atom is 0.261 e. The highest BCUT2D eigenvalue weighted by atomic mass is 32.1. The van der Waals surface area contributed by atoms with Gasteiger partial charge in [0.25, 0.3) is 5.91 Å². The van der Waals surface area contributed by atoms with Crippen LogP contribution in [0.25, 0.3) is 15.9 Å². The van der Waals surface area contributed by atoms with Crippen LogP contribution >= 0.6 is 11.3 Å². The maximum absolute atomic E-state index is 13.2. The number of nitrogens with zero attached hydrogens (tertiary/aromatic N) is 2. The predicted molar refractivity (Wildman–Crippen MR) is 116 cm³/mol. The van der Waals surface area contributed by atoms with E-state index in [1.165, 1.54) is 29.9 Å². The van der Waals surface area contributed by atoms with Gasteiger partial charge in [0.2, 0.25) is 5.91 Å². The first-order valence-electron chi connectivity index (χ1n) is 10.3. The number of hydrogen-bond donors (Lipinski definition) is 2. The molecule has 2 aromatic heterocycles. The molecule has 0 spiro atoms. The number of nitrogens with one attached hydrogen (secondary N) is 2. The third-order valence-corrected chi connectivity index (χ3v) is 6.63. The Morgan fingerprint density at radius 2 is 1.83 bits per heavy atom. The van der Waals surface area contributed by atoms with Crippen LogP contribution in [-0.2, 0) is 4.79 Å². The highest BCUT2D eigenvalue weighted by molar-refractivity contribution is 7.20. The van der Waals surface area contributed by atoms with E-state index in [0.29, 0.717) is 18.0 Å². The lowest BCUT2D eigenvalue weighted by Crippen LogP contribution is -2.38. The number of rotatable bonds is 6. The van der Waals surface area contributed by atoms with Gasteiger partial charge in [0, 0.05) is 24.4 Å². The number of fused-ring (bicyclic) bond motifs is 1. The van der Waals surface area contributed by atoms with Crippen molar-refractivity contribution in [1.29, 1.82) is 0 Å². The summed E-state index contributed by atoms with van der Waals surface area (Å²) in [5, 5.41) is 11.2. The molecule has 4 rings (SSSR count). The number of aromatic nitrogens is 2. The number of carbonyl (C=O) groups excluding carboxylic acids is 2. The minimum absolute atomic E-state index is 0.0980. The Hall–Kier alpha value is -2.74. The Labute approximate surface area is 178 Å². The van der Waals surface area contributed by atoms with Gasteiger partial charge in [0.05, 0.1) is 16.3 Å². The van der Waals surface area contributed by atoms with Gasteiger partial charge >= 0.3 is 0 Å². The van der Waals surface area contributed by atoms with Crippen molar-refractivity contribution in [3.05, 3.63) is 46.7 Å². The summed E-state index contributed by atoms with van der Waals surface area (Å²) in [7, 11) is 0. The molecule has 0 unspecified atom stereocenters. The number of hydrogen-bond acceptors (Lipinski definition) is 4. The van der Waals surface area contributed by atoms with Crippen LogP contribution in [0, 0.1) is 18.7 Å². The number of aryl methyl sites for hydroxylation is 1. The van der Waals surface area contributed by atoms with Crippen LogP contribution in [0.3, 0.4) is 0 Å². The van der Waals surface area contributed by atoms with E-state index in [9.17, 15) is 14.0 Å². The molecule has 1 aromatic carbocycles. The van der Waals surface area contributed by atoms with Crippen LogP contribution in [0.2, 0.25) is 0 Å². The second-order valence-corrected chi connectivity index (χ2v) is 8.72. The normalized spacial score (nSPS) is 14.7. The Morgan fingerprint density at radius 3 is 2.57 bits per heavy atom. The zero-order valence-corrected chi connectivity index (χ0v) is 17.7. The van der Waals surface area contributed by atoms with Gasteiger partial charge in [0.1, 0.15) is 10.6 Å². The van der Waals surface area contributed by atoms with Gasteiger partial charge < -0.3 is 10.6 Å². The van der Waals surface area contributed by atoms with Crippen LogP contribution in [0.1, 0.15) is 47.5 Å². The van der Waals surface area contributed by atoms with Crippen molar-refractivity contribution in [2.75, 3.05) is 13.1 Å². The summed E-state index contributed by atoms with van der Waals surface area (Å²) in [6.45, 7) is 2.69. The van der Waals surface area contributed by atoms with Crippen molar-refractivity contribution in [2.24, 2.45) is 5.92 Å². The van der Waals surface area contributed by atoms with Crippen LogP contribution in [0.5, 0.6) is 0 Å². The van der Waals surface area contributed by atoms with E-state index in [4.69, 9.17) is 0 Å². The molecule has 158 valence electrons. The van der Waals surface area contributed by atoms with Gasteiger partial charge in [0.15, 0.2) is 0 Å². The van der Waals surface area contributed by atoms with E-state index in [2.05, 4.69) is 15.7 Å². The number of carbonyl (C=O) groups is 2. The number of amides is 2. The van der Waals surface area contributed by atoms with E-state index in [1.807, 2.05) is 13.0 Å². The molecule has 0 aliphatic heterocycles. The fourth-order valence-electron chi connectivity index (χ4n) is 3.87. The maximum atomic E-state index is 13.2.